The molecule has 1 aliphatic heterocycles. The van der Waals surface area contributed by atoms with Crippen LogP contribution < -0.4 is 14.9 Å². The number of nitrogens with one attached hydrogen (secondary N) is 2. The zero-order valence-electron chi connectivity index (χ0n) is 18.8. The van der Waals surface area contributed by atoms with Gasteiger partial charge in [-0.05, 0) is 77.4 Å². The summed E-state index contributed by atoms with van der Waals surface area (Å²) in [7, 11) is -4.00. The van der Waals surface area contributed by atoms with Crippen molar-refractivity contribution in [3.8, 4) is 0 Å². The van der Waals surface area contributed by atoms with E-state index in [9.17, 15) is 13.2 Å². The Hall–Kier alpha value is -1.42. The number of unbranched alkanes of at least 4 members (excludes halogenated alkanes) is 1. The lowest BCUT2D eigenvalue weighted by atomic mass is 10.2. The summed E-state index contributed by atoms with van der Waals surface area (Å²) < 4.78 is 31.7. The van der Waals surface area contributed by atoms with E-state index in [-0.39, 0.29) is 5.91 Å². The molecule has 1 fully saturated rings. The lowest BCUT2D eigenvalue weighted by Crippen LogP contribution is -2.39. The van der Waals surface area contributed by atoms with Crippen molar-refractivity contribution in [3.05, 3.63) is 24.3 Å². The van der Waals surface area contributed by atoms with Crippen molar-refractivity contribution in [2.24, 2.45) is 0 Å². The Morgan fingerprint density at radius 2 is 1.87 bits per heavy atom. The number of nitrogens with zero attached hydrogens (tertiary/aromatic N) is 1. The molecule has 1 aromatic carbocycles. The summed E-state index contributed by atoms with van der Waals surface area (Å²) in [6.45, 7) is 11.6. The maximum atomic E-state index is 12.1. The molecule has 2 rings (SSSR count). The van der Waals surface area contributed by atoms with Crippen LogP contribution in [0.1, 0.15) is 46.5 Å². The molecule has 1 aliphatic rings. The van der Waals surface area contributed by atoms with Gasteiger partial charge in [0.1, 0.15) is 0 Å². The van der Waals surface area contributed by atoms with Gasteiger partial charge in [-0.3, -0.25) is 4.79 Å². The van der Waals surface area contributed by atoms with Gasteiger partial charge < -0.3 is 14.6 Å². The van der Waals surface area contributed by atoms with E-state index in [2.05, 4.69) is 28.0 Å². The van der Waals surface area contributed by atoms with Crippen LogP contribution in [0.25, 0.3) is 0 Å². The summed E-state index contributed by atoms with van der Waals surface area (Å²) in [5.74, 6) is -0.0587. The largest absolute Gasteiger partial charge is 0.412 e. The molecule has 0 aromatic heterocycles. The Balaban J connectivity index is 1.70. The molecular weight excluding hydrogens is 418 g/mol. The maximum absolute atomic E-state index is 12.1. The van der Waals surface area contributed by atoms with Gasteiger partial charge in [0, 0.05) is 37.4 Å². The highest BCUT2D eigenvalue weighted by Crippen LogP contribution is 2.24. The van der Waals surface area contributed by atoms with Crippen molar-refractivity contribution in [2.75, 3.05) is 29.9 Å². The number of benzene rings is 1. The normalized spacial score (nSPS) is 17.5. The van der Waals surface area contributed by atoms with E-state index in [1.807, 2.05) is 24.3 Å². The van der Waals surface area contributed by atoms with Gasteiger partial charge in [-0.25, -0.2) is 13.1 Å². The number of carbonyl (C=O) groups is 1. The van der Waals surface area contributed by atoms with Gasteiger partial charge in [0.2, 0.25) is 25.0 Å². The monoisotopic (exact) mass is 454 g/mol. The van der Waals surface area contributed by atoms with Crippen molar-refractivity contribution in [2.45, 2.75) is 70.4 Å². The first-order valence-corrected chi connectivity index (χ1v) is 14.5. The SMILES string of the molecule is C[Si](C)OC1CCN(c2ccc(NC(=O)CCCCNS(=O)(=O)C(C)(C)C)cc2)C1. The van der Waals surface area contributed by atoms with Crippen LogP contribution in [0.2, 0.25) is 13.1 Å². The molecule has 1 amide bonds. The molecule has 0 bridgehead atoms. The minimum Gasteiger partial charge on any atom is -0.412 e. The van der Waals surface area contributed by atoms with Crippen molar-refractivity contribution in [3.63, 3.8) is 0 Å². The highest BCUT2D eigenvalue weighted by molar-refractivity contribution is 7.90. The number of hydrogen-bond acceptors (Lipinski definition) is 5. The van der Waals surface area contributed by atoms with E-state index in [4.69, 9.17) is 4.43 Å². The summed E-state index contributed by atoms with van der Waals surface area (Å²) in [4.78, 5) is 14.5. The molecule has 9 heteroatoms. The molecule has 2 N–H and O–H groups in total. The van der Waals surface area contributed by atoms with Crippen LogP contribution in [0.4, 0.5) is 11.4 Å². The molecule has 0 saturated carbocycles. The van der Waals surface area contributed by atoms with Gasteiger partial charge >= 0.3 is 0 Å². The van der Waals surface area contributed by atoms with E-state index in [1.54, 1.807) is 20.8 Å². The average Bonchev–Trinajstić information content (AvgIpc) is 3.08. The fourth-order valence-corrected chi connectivity index (χ4v) is 4.91. The first-order chi connectivity index (χ1) is 14.0. The first-order valence-electron chi connectivity index (χ1n) is 10.6. The van der Waals surface area contributed by atoms with Gasteiger partial charge in [-0.15, -0.1) is 0 Å². The van der Waals surface area contributed by atoms with Crippen LogP contribution in [-0.4, -0.2) is 53.9 Å². The highest BCUT2D eigenvalue weighted by Gasteiger charge is 2.28. The molecular formula is C21H36N3O4SSi. The highest BCUT2D eigenvalue weighted by atomic mass is 32.2. The molecule has 169 valence electrons. The second-order valence-electron chi connectivity index (χ2n) is 8.95. The second kappa shape index (κ2) is 10.7. The fourth-order valence-electron chi connectivity index (χ4n) is 3.20. The topological polar surface area (TPSA) is 87.7 Å². The predicted octanol–water partition coefficient (Wildman–Crippen LogP) is 3.36. The van der Waals surface area contributed by atoms with E-state index < -0.39 is 23.8 Å². The molecule has 1 heterocycles. The number of sulfonamides is 1. The van der Waals surface area contributed by atoms with Crippen LogP contribution in [0.15, 0.2) is 24.3 Å². The number of anilines is 2. The standard InChI is InChI=1S/C21H36N3O4SSi/c1-21(2,3)29(26,27)22-14-7-6-8-20(25)23-17-9-11-18(12-10-17)24-15-13-19(16-24)28-30(4)5/h9-12,19,22H,6-8,13-16H2,1-5H3,(H,23,25). The quantitative estimate of drug-likeness (QED) is 0.418. The third-order valence-corrected chi connectivity index (χ3v) is 7.99. The van der Waals surface area contributed by atoms with Crippen LogP contribution in [0.3, 0.4) is 0 Å². The molecule has 1 aromatic rings. The predicted molar refractivity (Wildman–Crippen MR) is 125 cm³/mol. The van der Waals surface area contributed by atoms with Gasteiger partial charge in [0.05, 0.1) is 10.9 Å². The van der Waals surface area contributed by atoms with Gasteiger partial charge in [-0.2, -0.15) is 0 Å². The molecule has 1 atom stereocenters. The van der Waals surface area contributed by atoms with Crippen LogP contribution in [0.5, 0.6) is 0 Å². The molecule has 1 saturated heterocycles. The van der Waals surface area contributed by atoms with E-state index >= 15 is 0 Å². The van der Waals surface area contributed by atoms with Gasteiger partial charge in [0.25, 0.3) is 0 Å². The summed E-state index contributed by atoms with van der Waals surface area (Å²) in [6.07, 6.45) is 2.99. The summed E-state index contributed by atoms with van der Waals surface area (Å²) in [5, 5.41) is 2.91. The number of hydrogen-bond donors (Lipinski definition) is 2. The molecule has 30 heavy (non-hydrogen) atoms. The van der Waals surface area contributed by atoms with Crippen LogP contribution in [0, 0.1) is 0 Å². The van der Waals surface area contributed by atoms with E-state index in [0.717, 1.165) is 30.9 Å². The zero-order chi connectivity index (χ0) is 22.4. The Labute approximate surface area is 183 Å². The van der Waals surface area contributed by atoms with Crippen LogP contribution >= 0.6 is 0 Å². The third-order valence-electron chi connectivity index (χ3n) is 4.99. The molecule has 1 unspecified atom stereocenters. The average molecular weight is 455 g/mol. The van der Waals surface area contributed by atoms with Crippen molar-refractivity contribution >= 4 is 36.3 Å². The number of rotatable bonds is 10. The van der Waals surface area contributed by atoms with Crippen molar-refractivity contribution in [1.82, 2.24) is 4.72 Å². The molecule has 0 aliphatic carbocycles. The minimum atomic E-state index is -3.33. The Kier molecular flexibility index (Phi) is 8.90. The third kappa shape index (κ3) is 7.68. The fraction of sp³-hybridized carbons (Fsp3) is 0.667. The molecule has 0 spiro atoms. The Morgan fingerprint density at radius 3 is 2.47 bits per heavy atom. The molecule has 1 radical (unpaired) electrons. The second-order valence-corrected chi connectivity index (χ2v) is 13.5. The lowest BCUT2D eigenvalue weighted by Gasteiger charge is -2.20. The van der Waals surface area contributed by atoms with E-state index in [0.29, 0.717) is 31.9 Å². The first kappa shape index (κ1) is 24.8. The van der Waals surface area contributed by atoms with Gasteiger partial charge in [0.15, 0.2) is 0 Å². The summed E-state index contributed by atoms with van der Waals surface area (Å²) in [6, 6.07) is 7.91. The number of carbonyl (C=O) groups excluding carboxylic acids is 1. The smallest absolute Gasteiger partial charge is 0.224 e. The number of amides is 1. The Bertz CT molecular complexity index is 791. The van der Waals surface area contributed by atoms with Crippen molar-refractivity contribution in [1.29, 1.82) is 0 Å². The Morgan fingerprint density at radius 1 is 1.20 bits per heavy atom. The summed E-state index contributed by atoms with van der Waals surface area (Å²) >= 11 is 0. The minimum absolute atomic E-state index is 0.0587. The van der Waals surface area contributed by atoms with Crippen molar-refractivity contribution < 1.29 is 17.6 Å². The maximum Gasteiger partial charge on any atom is 0.224 e. The van der Waals surface area contributed by atoms with E-state index in [1.165, 1.54) is 0 Å². The lowest BCUT2D eigenvalue weighted by molar-refractivity contribution is -0.116. The molecule has 7 nitrogen and oxygen atoms in total. The zero-order valence-corrected chi connectivity index (χ0v) is 20.6. The van der Waals surface area contributed by atoms with Gasteiger partial charge in [-0.1, -0.05) is 0 Å². The van der Waals surface area contributed by atoms with Crippen LogP contribution in [-0.2, 0) is 19.2 Å². The summed E-state index contributed by atoms with van der Waals surface area (Å²) in [5.41, 5.74) is 1.92.